The van der Waals surface area contributed by atoms with E-state index < -0.39 is 0 Å². The lowest BCUT2D eigenvalue weighted by Gasteiger charge is -2.19. The van der Waals surface area contributed by atoms with Gasteiger partial charge in [-0.25, -0.2) is 9.97 Å². The summed E-state index contributed by atoms with van der Waals surface area (Å²) in [5, 5.41) is 3.02. The molecule has 1 amide bonds. The Labute approximate surface area is 144 Å². The minimum absolute atomic E-state index is 0.218. The predicted octanol–water partition coefficient (Wildman–Crippen LogP) is 3.70. The molecule has 128 valence electrons. The number of benzene rings is 1. The maximum absolute atomic E-state index is 12.5. The molecule has 0 atom stereocenters. The van der Waals surface area contributed by atoms with Gasteiger partial charge in [0.15, 0.2) is 0 Å². The van der Waals surface area contributed by atoms with E-state index in [0.29, 0.717) is 5.69 Å². The minimum Gasteiger partial charge on any atom is -0.356 e. The normalized spacial score (nSPS) is 10.5. The molecule has 0 bridgehead atoms. The van der Waals surface area contributed by atoms with Crippen molar-refractivity contribution in [1.29, 1.82) is 0 Å². The van der Waals surface area contributed by atoms with Gasteiger partial charge in [-0.2, -0.15) is 0 Å². The Morgan fingerprint density at radius 1 is 1.00 bits per heavy atom. The maximum Gasteiger partial charge on any atom is 0.275 e. The van der Waals surface area contributed by atoms with Gasteiger partial charge in [0, 0.05) is 18.8 Å². The maximum atomic E-state index is 12.5. The van der Waals surface area contributed by atoms with Gasteiger partial charge in [0.25, 0.3) is 5.91 Å². The molecule has 0 aliphatic heterocycles. The van der Waals surface area contributed by atoms with Crippen LogP contribution < -0.4 is 10.2 Å². The Morgan fingerprint density at radius 3 is 2.08 bits per heavy atom. The van der Waals surface area contributed by atoms with Crippen molar-refractivity contribution in [1.82, 2.24) is 9.97 Å². The van der Waals surface area contributed by atoms with Crippen molar-refractivity contribution in [2.45, 2.75) is 40.5 Å². The Bertz CT molecular complexity index is 656. The Kier molecular flexibility index (Phi) is 6.29. The molecule has 0 aliphatic carbocycles. The Balaban J connectivity index is 2.22. The number of nitrogens with one attached hydrogen (secondary N) is 1. The van der Waals surface area contributed by atoms with Crippen LogP contribution in [0.1, 0.15) is 49.3 Å². The van der Waals surface area contributed by atoms with Crippen LogP contribution in [0.4, 0.5) is 11.5 Å². The van der Waals surface area contributed by atoms with Gasteiger partial charge in [-0.05, 0) is 37.8 Å². The molecule has 0 saturated heterocycles. The zero-order chi connectivity index (χ0) is 17.5. The highest BCUT2D eigenvalue weighted by Gasteiger charge is 2.14. The SMILES string of the molecule is CCc1cccc(CC)c1NC(=O)c1cnc(N(CC)CC)cn1. The second kappa shape index (κ2) is 8.43. The molecular weight excluding hydrogens is 300 g/mol. The highest BCUT2D eigenvalue weighted by Crippen LogP contribution is 2.23. The van der Waals surface area contributed by atoms with Gasteiger partial charge in [-0.3, -0.25) is 4.79 Å². The van der Waals surface area contributed by atoms with E-state index in [0.717, 1.165) is 48.6 Å². The van der Waals surface area contributed by atoms with Crippen LogP contribution in [0.2, 0.25) is 0 Å². The molecule has 5 nitrogen and oxygen atoms in total. The number of amides is 1. The molecule has 0 unspecified atom stereocenters. The number of anilines is 2. The van der Waals surface area contributed by atoms with E-state index in [-0.39, 0.29) is 5.91 Å². The third-order valence-electron chi connectivity index (χ3n) is 4.20. The average molecular weight is 326 g/mol. The van der Waals surface area contributed by atoms with Gasteiger partial charge in [0.2, 0.25) is 0 Å². The van der Waals surface area contributed by atoms with E-state index >= 15 is 0 Å². The molecule has 5 heteroatoms. The molecule has 0 radical (unpaired) electrons. The molecule has 2 rings (SSSR count). The van der Waals surface area contributed by atoms with Gasteiger partial charge >= 0.3 is 0 Å². The van der Waals surface area contributed by atoms with E-state index in [9.17, 15) is 4.79 Å². The second-order valence-corrected chi connectivity index (χ2v) is 5.54. The molecule has 24 heavy (non-hydrogen) atoms. The van der Waals surface area contributed by atoms with E-state index in [4.69, 9.17) is 0 Å². The summed E-state index contributed by atoms with van der Waals surface area (Å²) in [6.45, 7) is 10.0. The molecule has 0 spiro atoms. The number of carbonyl (C=O) groups excluding carboxylic acids is 1. The standard InChI is InChI=1S/C19H26N4O/c1-5-14-10-9-11-15(6-2)18(14)22-19(24)16-12-21-17(13-20-16)23(7-3)8-4/h9-13H,5-8H2,1-4H3,(H,22,24). The topological polar surface area (TPSA) is 58.1 Å². The quantitative estimate of drug-likeness (QED) is 0.843. The fourth-order valence-corrected chi connectivity index (χ4v) is 2.73. The lowest BCUT2D eigenvalue weighted by Crippen LogP contribution is -2.24. The predicted molar refractivity (Wildman–Crippen MR) is 98.7 cm³/mol. The lowest BCUT2D eigenvalue weighted by atomic mass is 10.0. The molecule has 1 aromatic carbocycles. The molecule has 1 N–H and O–H groups in total. The lowest BCUT2D eigenvalue weighted by molar-refractivity contribution is 0.102. The Hall–Kier alpha value is -2.43. The molecule has 0 fully saturated rings. The van der Waals surface area contributed by atoms with E-state index in [2.05, 4.69) is 47.9 Å². The number of hydrogen-bond acceptors (Lipinski definition) is 4. The van der Waals surface area contributed by atoms with Crippen LogP contribution in [0.25, 0.3) is 0 Å². The zero-order valence-corrected chi connectivity index (χ0v) is 15.0. The number of aromatic nitrogens is 2. The zero-order valence-electron chi connectivity index (χ0n) is 15.0. The third-order valence-corrected chi connectivity index (χ3v) is 4.20. The monoisotopic (exact) mass is 326 g/mol. The highest BCUT2D eigenvalue weighted by molar-refractivity contribution is 6.03. The fourth-order valence-electron chi connectivity index (χ4n) is 2.73. The summed E-state index contributed by atoms with van der Waals surface area (Å²) in [4.78, 5) is 23.3. The summed E-state index contributed by atoms with van der Waals surface area (Å²) >= 11 is 0. The molecule has 1 heterocycles. The van der Waals surface area contributed by atoms with Crippen LogP contribution in [0.5, 0.6) is 0 Å². The highest BCUT2D eigenvalue weighted by atomic mass is 16.1. The van der Waals surface area contributed by atoms with Crippen molar-refractivity contribution in [2.75, 3.05) is 23.3 Å². The summed E-state index contributed by atoms with van der Waals surface area (Å²) in [5.74, 6) is 0.573. The smallest absolute Gasteiger partial charge is 0.275 e. The molecular formula is C19H26N4O. The number of rotatable bonds is 7. The number of hydrogen-bond donors (Lipinski definition) is 1. The van der Waals surface area contributed by atoms with Gasteiger partial charge < -0.3 is 10.2 Å². The molecule has 0 aliphatic rings. The summed E-state index contributed by atoms with van der Waals surface area (Å²) in [6.07, 6.45) is 4.95. The summed E-state index contributed by atoms with van der Waals surface area (Å²) in [5.41, 5.74) is 3.51. The van der Waals surface area contributed by atoms with Crippen molar-refractivity contribution in [3.05, 3.63) is 47.4 Å². The van der Waals surface area contributed by atoms with Crippen molar-refractivity contribution in [3.8, 4) is 0 Å². The number of aryl methyl sites for hydroxylation is 2. The van der Waals surface area contributed by atoms with Crippen molar-refractivity contribution in [2.24, 2.45) is 0 Å². The molecule has 1 aromatic heterocycles. The van der Waals surface area contributed by atoms with Crippen molar-refractivity contribution >= 4 is 17.4 Å². The van der Waals surface area contributed by atoms with Gasteiger partial charge in [0.05, 0.1) is 12.4 Å². The third kappa shape index (κ3) is 3.91. The van der Waals surface area contributed by atoms with E-state index in [1.807, 2.05) is 18.2 Å². The largest absolute Gasteiger partial charge is 0.356 e. The van der Waals surface area contributed by atoms with Crippen LogP contribution in [0, 0.1) is 0 Å². The number of nitrogens with zero attached hydrogens (tertiary/aromatic N) is 3. The Morgan fingerprint density at radius 2 is 1.62 bits per heavy atom. The first kappa shape index (κ1) is 17.9. The number of carbonyl (C=O) groups is 1. The summed E-state index contributed by atoms with van der Waals surface area (Å²) in [6, 6.07) is 6.12. The minimum atomic E-state index is -0.218. The van der Waals surface area contributed by atoms with Gasteiger partial charge in [-0.15, -0.1) is 0 Å². The molecule has 2 aromatic rings. The van der Waals surface area contributed by atoms with Crippen LogP contribution >= 0.6 is 0 Å². The van der Waals surface area contributed by atoms with Crippen LogP contribution in [-0.4, -0.2) is 29.0 Å². The first-order chi connectivity index (χ1) is 11.6. The first-order valence-electron chi connectivity index (χ1n) is 8.63. The van der Waals surface area contributed by atoms with Crippen LogP contribution in [0.15, 0.2) is 30.6 Å². The second-order valence-electron chi connectivity index (χ2n) is 5.54. The van der Waals surface area contributed by atoms with Crippen molar-refractivity contribution < 1.29 is 4.79 Å². The fraction of sp³-hybridized carbons (Fsp3) is 0.421. The summed E-state index contributed by atoms with van der Waals surface area (Å²) in [7, 11) is 0. The summed E-state index contributed by atoms with van der Waals surface area (Å²) < 4.78 is 0. The molecule has 0 saturated carbocycles. The van der Waals surface area contributed by atoms with Gasteiger partial charge in [0.1, 0.15) is 11.5 Å². The average Bonchev–Trinajstić information content (AvgIpc) is 2.63. The van der Waals surface area contributed by atoms with E-state index in [1.54, 1.807) is 12.4 Å². The van der Waals surface area contributed by atoms with Crippen LogP contribution in [-0.2, 0) is 12.8 Å². The number of para-hydroxylation sites is 1. The van der Waals surface area contributed by atoms with Crippen molar-refractivity contribution in [3.63, 3.8) is 0 Å². The van der Waals surface area contributed by atoms with Gasteiger partial charge in [-0.1, -0.05) is 32.0 Å². The van der Waals surface area contributed by atoms with Crippen LogP contribution in [0.3, 0.4) is 0 Å². The first-order valence-corrected chi connectivity index (χ1v) is 8.63. The van der Waals surface area contributed by atoms with E-state index in [1.165, 1.54) is 0 Å².